The summed E-state index contributed by atoms with van der Waals surface area (Å²) in [5.41, 5.74) is 0.812. The number of carbonyl (C=O) groups is 2. The van der Waals surface area contributed by atoms with Gasteiger partial charge in [-0.15, -0.1) is 0 Å². The summed E-state index contributed by atoms with van der Waals surface area (Å²) in [5, 5.41) is 2.63. The number of sulfonamides is 1. The van der Waals surface area contributed by atoms with E-state index >= 15 is 0 Å². The summed E-state index contributed by atoms with van der Waals surface area (Å²) in [4.78, 5) is 25.0. The third-order valence-electron chi connectivity index (χ3n) is 5.07. The maximum atomic E-state index is 13.2. The van der Waals surface area contributed by atoms with Gasteiger partial charge in [0.25, 0.3) is 15.9 Å². The van der Waals surface area contributed by atoms with Gasteiger partial charge in [0, 0.05) is 12.6 Å². The Balaban J connectivity index is 1.89. The van der Waals surface area contributed by atoms with Crippen LogP contribution in [0.15, 0.2) is 71.6 Å². The van der Waals surface area contributed by atoms with E-state index in [-0.39, 0.29) is 21.7 Å². The molecule has 178 valence electrons. The average molecular weight is 485 g/mol. The summed E-state index contributed by atoms with van der Waals surface area (Å²) in [5.74, 6) is -0.253. The fourth-order valence-electron chi connectivity index (χ4n) is 3.12. The highest BCUT2D eigenvalue weighted by molar-refractivity contribution is 7.92. The summed E-state index contributed by atoms with van der Waals surface area (Å²) >= 11 is 0. The van der Waals surface area contributed by atoms with Gasteiger partial charge in [-0.05, 0) is 60.7 Å². The molecule has 0 saturated heterocycles. The van der Waals surface area contributed by atoms with Crippen LogP contribution in [-0.4, -0.2) is 48.7 Å². The molecule has 0 atom stereocenters. The highest BCUT2D eigenvalue weighted by Crippen LogP contribution is 2.26. The first-order chi connectivity index (χ1) is 16.2. The molecule has 0 bridgehead atoms. The van der Waals surface area contributed by atoms with Crippen molar-refractivity contribution in [1.29, 1.82) is 0 Å². The highest BCUT2D eigenvalue weighted by atomic mass is 32.2. The zero-order valence-corrected chi connectivity index (χ0v) is 19.9. The first kappa shape index (κ1) is 24.6. The molecule has 10 heteroatoms. The summed E-state index contributed by atoms with van der Waals surface area (Å²) < 4.78 is 42.4. The van der Waals surface area contributed by atoms with Gasteiger partial charge in [0.05, 0.1) is 43.2 Å². The molecule has 0 heterocycles. The van der Waals surface area contributed by atoms with Crippen LogP contribution < -0.4 is 19.1 Å². The van der Waals surface area contributed by atoms with Gasteiger partial charge in [0.15, 0.2) is 0 Å². The van der Waals surface area contributed by atoms with Gasteiger partial charge in [-0.1, -0.05) is 6.07 Å². The van der Waals surface area contributed by atoms with E-state index in [1.807, 2.05) is 0 Å². The minimum atomic E-state index is -3.95. The zero-order chi connectivity index (χ0) is 24.9. The third kappa shape index (κ3) is 5.12. The molecule has 0 aliphatic rings. The van der Waals surface area contributed by atoms with Crippen LogP contribution in [0.25, 0.3) is 0 Å². The maximum Gasteiger partial charge on any atom is 0.340 e. The number of esters is 1. The number of rotatable bonds is 8. The lowest BCUT2D eigenvalue weighted by Crippen LogP contribution is -2.27. The Morgan fingerprint density at radius 1 is 0.853 bits per heavy atom. The van der Waals surface area contributed by atoms with Crippen LogP contribution in [0, 0.1) is 0 Å². The Kier molecular flexibility index (Phi) is 7.42. The number of methoxy groups -OCH3 is 3. The van der Waals surface area contributed by atoms with E-state index in [4.69, 9.17) is 14.2 Å². The topological polar surface area (TPSA) is 111 Å². The van der Waals surface area contributed by atoms with Crippen molar-refractivity contribution in [3.63, 3.8) is 0 Å². The largest absolute Gasteiger partial charge is 0.497 e. The van der Waals surface area contributed by atoms with Crippen molar-refractivity contribution >= 4 is 33.3 Å². The lowest BCUT2D eigenvalue weighted by molar-refractivity contribution is 0.0601. The van der Waals surface area contributed by atoms with Crippen molar-refractivity contribution in [2.45, 2.75) is 4.90 Å². The average Bonchev–Trinajstić information content (AvgIpc) is 2.88. The molecule has 3 rings (SSSR count). The van der Waals surface area contributed by atoms with Crippen LogP contribution in [-0.2, 0) is 14.8 Å². The lowest BCUT2D eigenvalue weighted by Gasteiger charge is -2.20. The van der Waals surface area contributed by atoms with Crippen LogP contribution in [0.4, 0.5) is 11.4 Å². The SMILES string of the molecule is COC(=O)c1cc(OC)ccc1NC(=O)c1cccc(S(=O)(=O)N(C)c2ccc(OC)cc2)c1. The van der Waals surface area contributed by atoms with E-state index in [0.29, 0.717) is 17.2 Å². The van der Waals surface area contributed by atoms with Crippen LogP contribution in [0.1, 0.15) is 20.7 Å². The first-order valence-corrected chi connectivity index (χ1v) is 11.5. The smallest absolute Gasteiger partial charge is 0.340 e. The number of benzene rings is 3. The van der Waals surface area contributed by atoms with Gasteiger partial charge >= 0.3 is 5.97 Å². The molecule has 0 aliphatic carbocycles. The normalized spacial score (nSPS) is 10.8. The molecule has 0 radical (unpaired) electrons. The number of amides is 1. The van der Waals surface area contributed by atoms with Crippen LogP contribution in [0.2, 0.25) is 0 Å². The molecule has 1 amide bonds. The Morgan fingerprint density at radius 3 is 2.12 bits per heavy atom. The van der Waals surface area contributed by atoms with Gasteiger partial charge < -0.3 is 19.5 Å². The second-order valence-corrected chi connectivity index (χ2v) is 9.02. The Hall–Kier alpha value is -4.05. The van der Waals surface area contributed by atoms with Gasteiger partial charge in [-0.3, -0.25) is 9.10 Å². The van der Waals surface area contributed by atoms with Gasteiger partial charge in [0.2, 0.25) is 0 Å². The zero-order valence-electron chi connectivity index (χ0n) is 19.1. The number of hydrogen-bond donors (Lipinski definition) is 1. The first-order valence-electron chi connectivity index (χ1n) is 10.0. The van der Waals surface area contributed by atoms with E-state index in [9.17, 15) is 18.0 Å². The van der Waals surface area contributed by atoms with Crippen molar-refractivity contribution in [2.75, 3.05) is 38.0 Å². The third-order valence-corrected chi connectivity index (χ3v) is 6.85. The Morgan fingerprint density at radius 2 is 1.50 bits per heavy atom. The van der Waals surface area contributed by atoms with Crippen molar-refractivity contribution in [3.05, 3.63) is 77.9 Å². The van der Waals surface area contributed by atoms with Gasteiger partial charge in [-0.2, -0.15) is 0 Å². The lowest BCUT2D eigenvalue weighted by atomic mass is 10.1. The van der Waals surface area contributed by atoms with E-state index < -0.39 is 21.9 Å². The standard InChI is InChI=1S/C24H24N2O7S/c1-26(17-8-10-18(31-2)11-9-17)34(29,30)20-7-5-6-16(14-20)23(27)25-22-13-12-19(32-3)15-21(22)24(28)33-4/h5-15H,1-4H3,(H,25,27). The summed E-state index contributed by atoms with van der Waals surface area (Å²) in [7, 11) is 1.66. The number of ether oxygens (including phenoxy) is 3. The number of carbonyl (C=O) groups excluding carboxylic acids is 2. The van der Waals surface area contributed by atoms with Crippen molar-refractivity contribution < 1.29 is 32.2 Å². The van der Waals surface area contributed by atoms with Crippen LogP contribution in [0.5, 0.6) is 11.5 Å². The summed E-state index contributed by atoms with van der Waals surface area (Å²) in [6.45, 7) is 0. The Labute approximate surface area is 197 Å². The van der Waals surface area contributed by atoms with Crippen molar-refractivity contribution in [2.24, 2.45) is 0 Å². The molecule has 0 aliphatic heterocycles. The fraction of sp³-hybridized carbons (Fsp3) is 0.167. The quantitative estimate of drug-likeness (QED) is 0.487. The second kappa shape index (κ2) is 10.3. The Bertz CT molecular complexity index is 1310. The molecule has 0 unspecified atom stereocenters. The minimum Gasteiger partial charge on any atom is -0.497 e. The minimum absolute atomic E-state index is 0.0682. The molecule has 0 fully saturated rings. The molecule has 34 heavy (non-hydrogen) atoms. The molecule has 3 aromatic rings. The van der Waals surface area contributed by atoms with E-state index in [1.54, 1.807) is 30.3 Å². The van der Waals surface area contributed by atoms with Gasteiger partial charge in [-0.25, -0.2) is 13.2 Å². The van der Waals surface area contributed by atoms with Crippen LogP contribution in [0.3, 0.4) is 0 Å². The molecule has 0 aromatic heterocycles. The monoisotopic (exact) mass is 484 g/mol. The van der Waals surface area contributed by atoms with Crippen molar-refractivity contribution in [1.82, 2.24) is 0 Å². The summed E-state index contributed by atoms with van der Waals surface area (Å²) in [6, 6.07) is 16.7. The number of anilines is 2. The molecular formula is C24H24N2O7S. The van der Waals surface area contributed by atoms with Gasteiger partial charge in [0.1, 0.15) is 11.5 Å². The maximum absolute atomic E-state index is 13.2. The molecular weight excluding hydrogens is 460 g/mol. The fourth-order valence-corrected chi connectivity index (χ4v) is 4.36. The van der Waals surface area contributed by atoms with Crippen LogP contribution >= 0.6 is 0 Å². The molecule has 1 N–H and O–H groups in total. The molecule has 0 spiro atoms. The molecule has 3 aromatic carbocycles. The highest BCUT2D eigenvalue weighted by Gasteiger charge is 2.23. The predicted molar refractivity (Wildman–Crippen MR) is 127 cm³/mol. The summed E-state index contributed by atoms with van der Waals surface area (Å²) in [6.07, 6.45) is 0. The van der Waals surface area contributed by atoms with Crippen molar-refractivity contribution in [3.8, 4) is 11.5 Å². The predicted octanol–water partition coefficient (Wildman–Crippen LogP) is 3.57. The molecule has 0 saturated carbocycles. The number of nitrogens with zero attached hydrogens (tertiary/aromatic N) is 1. The van der Waals surface area contributed by atoms with E-state index in [1.165, 1.54) is 64.8 Å². The number of nitrogens with one attached hydrogen (secondary N) is 1. The van der Waals surface area contributed by atoms with E-state index in [2.05, 4.69) is 5.32 Å². The molecule has 9 nitrogen and oxygen atoms in total. The number of hydrogen-bond acceptors (Lipinski definition) is 7. The van der Waals surface area contributed by atoms with E-state index in [0.717, 1.165) is 4.31 Å². The second-order valence-electron chi connectivity index (χ2n) is 7.06.